The summed E-state index contributed by atoms with van der Waals surface area (Å²) in [6.45, 7) is 1.57. The molecule has 2 rings (SSSR count). The van der Waals surface area contributed by atoms with Gasteiger partial charge < -0.3 is 10.2 Å². The largest absolute Gasteiger partial charge is 0.391 e. The number of hydrogen-bond donors (Lipinski definition) is 2. The van der Waals surface area contributed by atoms with Crippen LogP contribution in [0.5, 0.6) is 0 Å². The first-order valence-corrected chi connectivity index (χ1v) is 5.86. The molecule has 0 aliphatic heterocycles. The highest BCUT2D eigenvalue weighted by atomic mass is 16.3. The van der Waals surface area contributed by atoms with Gasteiger partial charge in [-0.15, -0.1) is 0 Å². The van der Waals surface area contributed by atoms with Crippen LogP contribution >= 0.6 is 0 Å². The second-order valence-corrected chi connectivity index (χ2v) is 4.28. The maximum absolute atomic E-state index is 10.2. The molecule has 0 aromatic carbocycles. The predicted octanol–water partition coefficient (Wildman–Crippen LogP) is 1.35. The molecule has 0 aliphatic carbocycles. The van der Waals surface area contributed by atoms with E-state index in [1.807, 2.05) is 24.3 Å². The summed E-state index contributed by atoms with van der Waals surface area (Å²) in [7, 11) is 0. The van der Waals surface area contributed by atoms with Gasteiger partial charge in [-0.3, -0.25) is 9.97 Å². The van der Waals surface area contributed by atoms with Gasteiger partial charge in [-0.2, -0.15) is 0 Å². The molecular formula is C14H16N2O2. The van der Waals surface area contributed by atoms with Gasteiger partial charge in [0, 0.05) is 30.7 Å². The molecule has 0 amide bonds. The zero-order chi connectivity index (χ0) is 13.0. The molecule has 0 saturated heterocycles. The van der Waals surface area contributed by atoms with Crippen molar-refractivity contribution in [3.05, 3.63) is 60.2 Å². The molecular weight excluding hydrogens is 228 g/mol. The standard InChI is InChI=1S/C14H16N2O2/c1-10(17)14(18)13(11-4-2-6-15-8-11)12-5-3-7-16-9-12/h2-10,13-14,17-18H,1H3. The highest BCUT2D eigenvalue weighted by molar-refractivity contribution is 5.30. The van der Waals surface area contributed by atoms with Gasteiger partial charge in [-0.05, 0) is 30.2 Å². The van der Waals surface area contributed by atoms with Gasteiger partial charge in [0.1, 0.15) is 0 Å². The van der Waals surface area contributed by atoms with E-state index in [1.165, 1.54) is 0 Å². The number of aliphatic hydroxyl groups is 2. The van der Waals surface area contributed by atoms with E-state index in [0.29, 0.717) is 0 Å². The Balaban J connectivity index is 2.42. The minimum absolute atomic E-state index is 0.326. The quantitative estimate of drug-likeness (QED) is 0.852. The molecule has 0 fully saturated rings. The topological polar surface area (TPSA) is 66.2 Å². The van der Waals surface area contributed by atoms with E-state index in [9.17, 15) is 10.2 Å². The zero-order valence-electron chi connectivity index (χ0n) is 10.1. The van der Waals surface area contributed by atoms with Crippen molar-refractivity contribution in [1.29, 1.82) is 0 Å². The van der Waals surface area contributed by atoms with Crippen molar-refractivity contribution >= 4 is 0 Å². The second-order valence-electron chi connectivity index (χ2n) is 4.28. The van der Waals surface area contributed by atoms with Crippen molar-refractivity contribution in [3.63, 3.8) is 0 Å². The Labute approximate surface area is 106 Å². The van der Waals surface area contributed by atoms with Crippen LogP contribution in [0.15, 0.2) is 49.1 Å². The molecule has 18 heavy (non-hydrogen) atoms. The molecule has 0 spiro atoms. The molecule has 94 valence electrons. The molecule has 2 atom stereocenters. The molecule has 4 nitrogen and oxygen atoms in total. The van der Waals surface area contributed by atoms with Gasteiger partial charge in [-0.25, -0.2) is 0 Å². The third kappa shape index (κ3) is 2.72. The van der Waals surface area contributed by atoms with Crippen molar-refractivity contribution in [2.24, 2.45) is 0 Å². The molecule has 0 aliphatic rings. The van der Waals surface area contributed by atoms with Crippen molar-refractivity contribution in [1.82, 2.24) is 9.97 Å². The Kier molecular flexibility index (Phi) is 4.02. The van der Waals surface area contributed by atoms with E-state index in [-0.39, 0.29) is 5.92 Å². The number of rotatable bonds is 4. The lowest BCUT2D eigenvalue weighted by molar-refractivity contribution is 0.0211. The number of nitrogens with zero attached hydrogens (tertiary/aromatic N) is 2. The Morgan fingerprint density at radius 3 is 1.78 bits per heavy atom. The van der Waals surface area contributed by atoms with E-state index in [2.05, 4.69) is 9.97 Å². The number of aromatic nitrogens is 2. The smallest absolute Gasteiger partial charge is 0.0906 e. The van der Waals surface area contributed by atoms with Crippen LogP contribution in [0.3, 0.4) is 0 Å². The summed E-state index contributed by atoms with van der Waals surface area (Å²) < 4.78 is 0. The Morgan fingerprint density at radius 2 is 1.44 bits per heavy atom. The molecule has 0 saturated carbocycles. The first-order chi connectivity index (χ1) is 8.70. The van der Waals surface area contributed by atoms with E-state index in [4.69, 9.17) is 0 Å². The van der Waals surface area contributed by atoms with Crippen molar-refractivity contribution in [2.45, 2.75) is 25.0 Å². The minimum Gasteiger partial charge on any atom is -0.391 e. The summed E-state index contributed by atoms with van der Waals surface area (Å²) in [5.41, 5.74) is 1.72. The van der Waals surface area contributed by atoms with Crippen LogP contribution < -0.4 is 0 Å². The maximum atomic E-state index is 10.2. The lowest BCUT2D eigenvalue weighted by atomic mass is 9.86. The van der Waals surface area contributed by atoms with E-state index in [1.54, 1.807) is 31.7 Å². The highest BCUT2D eigenvalue weighted by Crippen LogP contribution is 2.28. The summed E-state index contributed by atoms with van der Waals surface area (Å²) >= 11 is 0. The average Bonchev–Trinajstić information content (AvgIpc) is 2.41. The Morgan fingerprint density at radius 1 is 0.944 bits per heavy atom. The monoisotopic (exact) mass is 244 g/mol. The Hall–Kier alpha value is -1.78. The van der Waals surface area contributed by atoms with Crippen molar-refractivity contribution in [3.8, 4) is 0 Å². The summed E-state index contributed by atoms with van der Waals surface area (Å²) in [5, 5.41) is 19.8. The summed E-state index contributed by atoms with van der Waals surface area (Å²) in [6, 6.07) is 7.40. The number of hydrogen-bond acceptors (Lipinski definition) is 4. The van der Waals surface area contributed by atoms with Gasteiger partial charge in [0.25, 0.3) is 0 Å². The second kappa shape index (κ2) is 5.71. The normalized spacial score (nSPS) is 14.4. The fourth-order valence-corrected chi connectivity index (χ4v) is 1.99. The molecule has 0 radical (unpaired) electrons. The van der Waals surface area contributed by atoms with Crippen molar-refractivity contribution in [2.75, 3.05) is 0 Å². The fourth-order valence-electron chi connectivity index (χ4n) is 1.99. The SMILES string of the molecule is CC(O)C(O)C(c1cccnc1)c1cccnc1. The van der Waals surface area contributed by atoms with Gasteiger partial charge in [0.2, 0.25) is 0 Å². The first-order valence-electron chi connectivity index (χ1n) is 5.86. The summed E-state index contributed by atoms with van der Waals surface area (Å²) in [4.78, 5) is 8.12. The lowest BCUT2D eigenvalue weighted by Crippen LogP contribution is -2.30. The minimum atomic E-state index is -0.890. The van der Waals surface area contributed by atoms with E-state index >= 15 is 0 Å². The van der Waals surface area contributed by atoms with Crippen LogP contribution in [-0.4, -0.2) is 32.4 Å². The fraction of sp³-hybridized carbons (Fsp3) is 0.286. The molecule has 2 heterocycles. The van der Waals surface area contributed by atoms with Crippen LogP contribution in [0.4, 0.5) is 0 Å². The van der Waals surface area contributed by atoms with Crippen LogP contribution in [0.25, 0.3) is 0 Å². The predicted molar refractivity (Wildman–Crippen MR) is 68.0 cm³/mol. The molecule has 2 N–H and O–H groups in total. The van der Waals surface area contributed by atoms with Crippen LogP contribution in [0, 0.1) is 0 Å². The van der Waals surface area contributed by atoms with Crippen LogP contribution in [0.2, 0.25) is 0 Å². The van der Waals surface area contributed by atoms with E-state index < -0.39 is 12.2 Å². The number of aliphatic hydroxyl groups excluding tert-OH is 2. The Bertz CT molecular complexity index is 434. The average molecular weight is 244 g/mol. The molecule has 2 unspecified atom stereocenters. The van der Waals surface area contributed by atoms with Crippen LogP contribution in [-0.2, 0) is 0 Å². The number of pyridine rings is 2. The molecule has 2 aromatic rings. The third-order valence-corrected chi connectivity index (χ3v) is 2.92. The lowest BCUT2D eigenvalue weighted by Gasteiger charge is -2.25. The zero-order valence-corrected chi connectivity index (χ0v) is 10.1. The van der Waals surface area contributed by atoms with Gasteiger partial charge in [-0.1, -0.05) is 12.1 Å². The third-order valence-electron chi connectivity index (χ3n) is 2.92. The molecule has 4 heteroatoms. The highest BCUT2D eigenvalue weighted by Gasteiger charge is 2.27. The van der Waals surface area contributed by atoms with E-state index in [0.717, 1.165) is 11.1 Å². The van der Waals surface area contributed by atoms with Crippen molar-refractivity contribution < 1.29 is 10.2 Å². The van der Waals surface area contributed by atoms with Gasteiger partial charge in [0.05, 0.1) is 12.2 Å². The van der Waals surface area contributed by atoms with Gasteiger partial charge >= 0.3 is 0 Å². The van der Waals surface area contributed by atoms with Gasteiger partial charge in [0.15, 0.2) is 0 Å². The van der Waals surface area contributed by atoms with Crippen LogP contribution in [0.1, 0.15) is 24.0 Å². The summed E-state index contributed by atoms with van der Waals surface area (Å²) in [6.07, 6.45) is 5.04. The first kappa shape index (κ1) is 12.7. The molecule has 0 bridgehead atoms. The summed E-state index contributed by atoms with van der Waals surface area (Å²) in [5.74, 6) is -0.326. The molecule has 2 aromatic heterocycles. The maximum Gasteiger partial charge on any atom is 0.0906 e.